The van der Waals surface area contributed by atoms with E-state index in [1.165, 1.54) is 16.5 Å². The average Bonchev–Trinajstić information content (AvgIpc) is 2.80. The third-order valence-corrected chi connectivity index (χ3v) is 6.24. The molecule has 0 radical (unpaired) electrons. The zero-order chi connectivity index (χ0) is 23.2. The Bertz CT molecular complexity index is 1190. The van der Waals surface area contributed by atoms with Crippen molar-refractivity contribution in [3.63, 3.8) is 0 Å². The van der Waals surface area contributed by atoms with Crippen LogP contribution in [0, 0.1) is 6.92 Å². The van der Waals surface area contributed by atoms with Crippen molar-refractivity contribution in [1.29, 1.82) is 0 Å². The van der Waals surface area contributed by atoms with Crippen molar-refractivity contribution in [3.05, 3.63) is 50.8 Å². The van der Waals surface area contributed by atoms with E-state index in [1.807, 2.05) is 11.0 Å². The van der Waals surface area contributed by atoms with Gasteiger partial charge in [0.2, 0.25) is 5.91 Å². The van der Waals surface area contributed by atoms with E-state index in [-0.39, 0.29) is 29.6 Å². The number of anilines is 2. The Balaban J connectivity index is 1.48. The van der Waals surface area contributed by atoms with Gasteiger partial charge >= 0.3 is 5.69 Å². The van der Waals surface area contributed by atoms with Gasteiger partial charge in [0.25, 0.3) is 11.5 Å². The first-order chi connectivity index (χ1) is 15.2. The van der Waals surface area contributed by atoms with E-state index in [4.69, 9.17) is 4.74 Å². The molecule has 1 saturated heterocycles. The molecule has 2 aliphatic heterocycles. The van der Waals surface area contributed by atoms with E-state index in [0.29, 0.717) is 49.0 Å². The predicted molar refractivity (Wildman–Crippen MR) is 119 cm³/mol. The van der Waals surface area contributed by atoms with Crippen LogP contribution < -0.4 is 25.8 Å². The molecule has 1 unspecified atom stereocenters. The second-order valence-corrected chi connectivity index (χ2v) is 8.16. The van der Waals surface area contributed by atoms with E-state index >= 15 is 0 Å². The van der Waals surface area contributed by atoms with E-state index in [1.54, 1.807) is 44.0 Å². The van der Waals surface area contributed by atoms with Crippen LogP contribution in [-0.2, 0) is 23.7 Å². The Morgan fingerprint density at radius 2 is 1.69 bits per heavy atom. The lowest BCUT2D eigenvalue weighted by Crippen LogP contribution is -2.55. The first-order valence-corrected chi connectivity index (χ1v) is 10.6. The number of hydrogen-bond acceptors (Lipinski definition) is 6. The summed E-state index contributed by atoms with van der Waals surface area (Å²) in [6, 6.07) is 7.18. The van der Waals surface area contributed by atoms with Gasteiger partial charge < -0.3 is 14.5 Å². The molecule has 4 rings (SSSR count). The lowest BCUT2D eigenvalue weighted by molar-refractivity contribution is -0.133. The van der Waals surface area contributed by atoms with E-state index < -0.39 is 6.10 Å². The SMILES string of the molecule is Cc1c(N2CCN(C(=O)CN3C(=O)C(C)Oc4ccccc43)CC2)c(=O)n(C)c(=O)n1C. The maximum absolute atomic E-state index is 13.0. The molecular weight excluding hydrogens is 414 g/mol. The van der Waals surface area contributed by atoms with Gasteiger partial charge in [-0.15, -0.1) is 0 Å². The number of hydrogen-bond donors (Lipinski definition) is 0. The maximum Gasteiger partial charge on any atom is 0.330 e. The van der Waals surface area contributed by atoms with Gasteiger partial charge in [0.1, 0.15) is 18.0 Å². The molecule has 0 N–H and O–H groups in total. The Morgan fingerprint density at radius 1 is 1.03 bits per heavy atom. The van der Waals surface area contributed by atoms with Gasteiger partial charge in [-0.1, -0.05) is 12.1 Å². The lowest BCUT2D eigenvalue weighted by Gasteiger charge is -2.38. The van der Waals surface area contributed by atoms with Crippen molar-refractivity contribution in [2.45, 2.75) is 20.0 Å². The van der Waals surface area contributed by atoms with Crippen LogP contribution in [0.1, 0.15) is 12.6 Å². The fourth-order valence-electron chi connectivity index (χ4n) is 4.23. The van der Waals surface area contributed by atoms with Gasteiger partial charge in [-0.05, 0) is 26.0 Å². The predicted octanol–water partition coefficient (Wildman–Crippen LogP) is -0.145. The van der Waals surface area contributed by atoms with Crippen molar-refractivity contribution in [2.24, 2.45) is 14.1 Å². The fourth-order valence-corrected chi connectivity index (χ4v) is 4.23. The Labute approximate surface area is 185 Å². The van der Waals surface area contributed by atoms with Crippen molar-refractivity contribution in [1.82, 2.24) is 14.0 Å². The highest BCUT2D eigenvalue weighted by atomic mass is 16.5. The molecule has 170 valence electrons. The number of ether oxygens (including phenoxy) is 1. The minimum absolute atomic E-state index is 0.0653. The number of nitrogens with zero attached hydrogens (tertiary/aromatic N) is 5. The van der Waals surface area contributed by atoms with Crippen molar-refractivity contribution >= 4 is 23.2 Å². The zero-order valence-electron chi connectivity index (χ0n) is 18.7. The summed E-state index contributed by atoms with van der Waals surface area (Å²) in [6.07, 6.45) is -0.654. The zero-order valence-corrected chi connectivity index (χ0v) is 18.7. The molecule has 1 atom stereocenters. The Hall–Kier alpha value is -3.56. The van der Waals surface area contributed by atoms with Gasteiger partial charge in [0.05, 0.1) is 5.69 Å². The fraction of sp³-hybridized carbons (Fsp3) is 0.455. The van der Waals surface area contributed by atoms with Crippen LogP contribution in [-0.4, -0.2) is 64.7 Å². The number of carbonyl (C=O) groups excluding carboxylic acids is 2. The first-order valence-electron chi connectivity index (χ1n) is 10.6. The monoisotopic (exact) mass is 441 g/mol. The highest BCUT2D eigenvalue weighted by molar-refractivity contribution is 6.03. The molecule has 3 heterocycles. The van der Waals surface area contributed by atoms with E-state index in [9.17, 15) is 19.2 Å². The van der Waals surface area contributed by atoms with Crippen molar-refractivity contribution in [3.8, 4) is 5.75 Å². The number of benzene rings is 1. The van der Waals surface area contributed by atoms with Crippen LogP contribution in [0.5, 0.6) is 5.75 Å². The summed E-state index contributed by atoms with van der Waals surface area (Å²) in [6.45, 7) is 5.11. The molecule has 1 aromatic carbocycles. The Kier molecular flexibility index (Phi) is 5.53. The second-order valence-electron chi connectivity index (χ2n) is 8.16. The molecule has 2 aliphatic rings. The van der Waals surface area contributed by atoms with Gasteiger partial charge in [0, 0.05) is 46.0 Å². The number of carbonyl (C=O) groups is 2. The molecule has 2 amide bonds. The number of piperazine rings is 1. The van der Waals surface area contributed by atoms with Gasteiger partial charge in [-0.3, -0.25) is 28.4 Å². The molecule has 0 saturated carbocycles. The highest BCUT2D eigenvalue weighted by Gasteiger charge is 2.34. The molecule has 32 heavy (non-hydrogen) atoms. The molecule has 10 heteroatoms. The number of para-hydroxylation sites is 2. The summed E-state index contributed by atoms with van der Waals surface area (Å²) < 4.78 is 8.19. The summed E-state index contributed by atoms with van der Waals surface area (Å²) in [5.74, 6) is 0.172. The molecule has 0 bridgehead atoms. The van der Waals surface area contributed by atoms with Crippen LogP contribution in [0.15, 0.2) is 33.9 Å². The number of fused-ring (bicyclic) bond motifs is 1. The molecule has 2 aromatic rings. The van der Waals surface area contributed by atoms with Crippen LogP contribution >= 0.6 is 0 Å². The lowest BCUT2D eigenvalue weighted by atomic mass is 10.2. The number of amides is 2. The molecule has 1 aromatic heterocycles. The molecule has 1 fully saturated rings. The van der Waals surface area contributed by atoms with Crippen molar-refractivity contribution in [2.75, 3.05) is 42.5 Å². The number of aromatic nitrogens is 2. The molecule has 10 nitrogen and oxygen atoms in total. The quantitative estimate of drug-likeness (QED) is 0.658. The van der Waals surface area contributed by atoms with E-state index in [0.717, 1.165) is 4.57 Å². The highest BCUT2D eigenvalue weighted by Crippen LogP contribution is 2.33. The van der Waals surface area contributed by atoms with Crippen LogP contribution in [0.4, 0.5) is 11.4 Å². The smallest absolute Gasteiger partial charge is 0.330 e. The maximum atomic E-state index is 13.0. The second kappa shape index (κ2) is 8.18. The van der Waals surface area contributed by atoms with Gasteiger partial charge in [0.15, 0.2) is 6.10 Å². The van der Waals surface area contributed by atoms with Crippen LogP contribution in [0.25, 0.3) is 0 Å². The standard InChI is InChI=1S/C22H27N5O5/c1-14-19(21(30)24(4)22(31)23(14)3)26-11-9-25(10-12-26)18(28)13-27-16-7-5-6-8-17(16)32-15(2)20(27)29/h5-8,15H,9-13H2,1-4H3. The van der Waals surface area contributed by atoms with E-state index in [2.05, 4.69) is 0 Å². The van der Waals surface area contributed by atoms with Gasteiger partial charge in [-0.25, -0.2) is 4.79 Å². The molecule has 0 aliphatic carbocycles. The largest absolute Gasteiger partial charge is 0.479 e. The summed E-state index contributed by atoms with van der Waals surface area (Å²) in [5, 5.41) is 0. The topological polar surface area (TPSA) is 97.1 Å². The summed E-state index contributed by atoms with van der Waals surface area (Å²) in [4.78, 5) is 55.6. The number of rotatable bonds is 3. The molecule has 0 spiro atoms. The van der Waals surface area contributed by atoms with Gasteiger partial charge in [-0.2, -0.15) is 0 Å². The third kappa shape index (κ3) is 3.55. The first kappa shape index (κ1) is 21.7. The summed E-state index contributed by atoms with van der Waals surface area (Å²) >= 11 is 0. The van der Waals surface area contributed by atoms with Crippen LogP contribution in [0.3, 0.4) is 0 Å². The summed E-state index contributed by atoms with van der Waals surface area (Å²) in [7, 11) is 3.10. The summed E-state index contributed by atoms with van der Waals surface area (Å²) in [5.41, 5.74) is 0.965. The minimum Gasteiger partial charge on any atom is -0.479 e. The average molecular weight is 441 g/mol. The normalized spacial score (nSPS) is 18.4. The third-order valence-electron chi connectivity index (χ3n) is 6.24. The molecular formula is C22H27N5O5. The Morgan fingerprint density at radius 3 is 2.38 bits per heavy atom. The van der Waals surface area contributed by atoms with Crippen molar-refractivity contribution < 1.29 is 14.3 Å². The minimum atomic E-state index is -0.654. The van der Waals surface area contributed by atoms with Crippen LogP contribution in [0.2, 0.25) is 0 Å².